The number of hydrogen-bond acceptors (Lipinski definition) is 3. The molecule has 0 unspecified atom stereocenters. The van der Waals surface area contributed by atoms with E-state index in [0.29, 0.717) is 0 Å². The molecule has 4 heteroatoms. The van der Waals surface area contributed by atoms with E-state index in [0.717, 1.165) is 37.0 Å². The Labute approximate surface area is 210 Å². The molecule has 0 fully saturated rings. The van der Waals surface area contributed by atoms with E-state index in [1.165, 1.54) is 11.3 Å². The van der Waals surface area contributed by atoms with Crippen molar-refractivity contribution in [1.82, 2.24) is 0 Å². The number of hydrogen-bond donors (Lipinski definition) is 0. The van der Waals surface area contributed by atoms with Crippen molar-refractivity contribution in [2.24, 2.45) is 0 Å². The first-order valence-corrected chi connectivity index (χ1v) is 14.1. The Balaban J connectivity index is 1.67. The minimum Gasteiger partial charge on any atom is -0.497 e. The molecule has 0 saturated heterocycles. The number of methoxy groups -OCH3 is 1. The van der Waals surface area contributed by atoms with Crippen molar-refractivity contribution in [2.45, 2.75) is 0 Å². The first kappa shape index (κ1) is 23.1. The third-order valence-corrected chi connectivity index (χ3v) is 11.1. The minimum atomic E-state index is -2.33. The van der Waals surface area contributed by atoms with Gasteiger partial charge in [-0.05, 0) is 70.6 Å². The van der Waals surface area contributed by atoms with E-state index in [4.69, 9.17) is 4.74 Å². The zero-order valence-corrected chi connectivity index (χ0v) is 21.1. The van der Waals surface area contributed by atoms with Crippen LogP contribution in [0.5, 0.6) is 5.75 Å². The number of ether oxygens (including phenoxy) is 1. The molecule has 0 aliphatic carbocycles. The number of benzene rings is 4. The van der Waals surface area contributed by atoms with E-state index in [9.17, 15) is 4.79 Å². The molecule has 4 aromatic carbocycles. The van der Waals surface area contributed by atoms with Crippen molar-refractivity contribution in [3.8, 4) is 16.2 Å². The average molecular weight is 493 g/mol. The molecule has 2 nitrogen and oxygen atoms in total. The van der Waals surface area contributed by atoms with Crippen LogP contribution < -0.4 is 20.7 Å². The highest BCUT2D eigenvalue weighted by Gasteiger charge is 2.27. The van der Waals surface area contributed by atoms with Gasteiger partial charge in [0.15, 0.2) is 5.78 Å². The van der Waals surface area contributed by atoms with Crippen LogP contribution in [0, 0.1) is 0 Å². The zero-order valence-electron chi connectivity index (χ0n) is 19.4. The lowest BCUT2D eigenvalue weighted by Crippen LogP contribution is -2.28. The Morgan fingerprint density at radius 3 is 1.60 bits per heavy atom. The highest BCUT2D eigenvalue weighted by atomic mass is 32.1. The summed E-state index contributed by atoms with van der Waals surface area (Å²) in [5.74, 6) is 2.87. The van der Waals surface area contributed by atoms with Gasteiger partial charge >= 0.3 is 0 Å². The first-order valence-electron chi connectivity index (χ1n) is 11.4. The summed E-state index contributed by atoms with van der Waals surface area (Å²) in [6, 6.07) is 43.2. The lowest BCUT2D eigenvalue weighted by Gasteiger charge is -2.28. The van der Waals surface area contributed by atoms with Gasteiger partial charge in [-0.15, -0.1) is 11.3 Å². The second kappa shape index (κ2) is 10.3. The lowest BCUT2D eigenvalue weighted by molar-refractivity contribution is 0.107. The van der Waals surface area contributed by atoms with Crippen LogP contribution in [0.2, 0.25) is 0 Å². The van der Waals surface area contributed by atoms with Gasteiger partial charge in [0.05, 0.1) is 12.0 Å². The predicted molar refractivity (Wildman–Crippen MR) is 152 cm³/mol. The zero-order chi connectivity index (χ0) is 24.1. The molecule has 0 amide bonds. The van der Waals surface area contributed by atoms with Gasteiger partial charge in [-0.2, -0.15) is 0 Å². The maximum Gasteiger partial charge on any atom is 0.196 e. The second-order valence-corrected chi connectivity index (χ2v) is 12.5. The van der Waals surface area contributed by atoms with Crippen LogP contribution in [0.3, 0.4) is 0 Å². The fourth-order valence-electron chi connectivity index (χ4n) is 4.28. The van der Waals surface area contributed by atoms with Gasteiger partial charge in [0, 0.05) is 4.88 Å². The quantitative estimate of drug-likeness (QED) is 0.194. The lowest BCUT2D eigenvalue weighted by atomic mass is 10.2. The molecular weight excluding hydrogens is 467 g/mol. The third kappa shape index (κ3) is 4.66. The van der Waals surface area contributed by atoms with Crippen LogP contribution in [0.15, 0.2) is 127 Å². The third-order valence-electron chi connectivity index (χ3n) is 6.02. The number of rotatable bonds is 7. The van der Waals surface area contributed by atoms with Crippen LogP contribution in [0.1, 0.15) is 9.67 Å². The van der Waals surface area contributed by atoms with E-state index in [1.807, 2.05) is 60.4 Å². The van der Waals surface area contributed by atoms with Crippen LogP contribution >= 0.6 is 18.2 Å². The molecule has 0 N–H and O–H groups in total. The van der Waals surface area contributed by atoms with E-state index < -0.39 is 6.89 Å². The van der Waals surface area contributed by atoms with Gasteiger partial charge in [0.1, 0.15) is 5.75 Å². The van der Waals surface area contributed by atoms with Gasteiger partial charge in [-0.25, -0.2) is 0 Å². The SMILES string of the molecule is COc1ccc(-c2ccc(C(=O)C=P(c3ccccc3)(c3ccccc3)c3ccccc3)s2)cc1. The number of carbonyl (C=O) groups excluding carboxylic acids is 1. The fourth-order valence-corrected chi connectivity index (χ4v) is 9.05. The summed E-state index contributed by atoms with van der Waals surface area (Å²) in [5, 5.41) is 3.49. The van der Waals surface area contributed by atoms with E-state index in [1.54, 1.807) is 7.11 Å². The molecular formula is C31H25O2PS. The molecule has 35 heavy (non-hydrogen) atoms. The molecule has 0 spiro atoms. The molecule has 5 rings (SSSR count). The summed E-state index contributed by atoms with van der Waals surface area (Å²) in [5.41, 5.74) is 1.07. The summed E-state index contributed by atoms with van der Waals surface area (Å²) in [7, 11) is 1.66. The minimum absolute atomic E-state index is 0.0552. The largest absolute Gasteiger partial charge is 0.497 e. The molecule has 0 atom stereocenters. The van der Waals surface area contributed by atoms with Gasteiger partial charge in [-0.3, -0.25) is 4.79 Å². The normalized spacial score (nSPS) is 11.1. The standard InChI is InChI=1S/C31H25O2PS/c1-33-25-19-17-24(18-20-25)30-21-22-31(35-30)29(32)23-34(26-11-5-2-6-12-26,27-13-7-3-8-14-27)28-15-9-4-10-16-28/h2-23H,1H3. The van der Waals surface area contributed by atoms with Crippen molar-refractivity contribution in [2.75, 3.05) is 7.11 Å². The smallest absolute Gasteiger partial charge is 0.196 e. The maximum absolute atomic E-state index is 13.9. The topological polar surface area (TPSA) is 26.3 Å². The fraction of sp³-hybridized carbons (Fsp3) is 0.0323. The van der Waals surface area contributed by atoms with Gasteiger partial charge in [-0.1, -0.05) is 91.0 Å². The van der Waals surface area contributed by atoms with E-state index in [-0.39, 0.29) is 5.78 Å². The van der Waals surface area contributed by atoms with E-state index in [2.05, 4.69) is 72.8 Å². The van der Waals surface area contributed by atoms with Crippen molar-refractivity contribution in [3.63, 3.8) is 0 Å². The summed E-state index contributed by atoms with van der Waals surface area (Å²) in [6.45, 7) is -2.33. The van der Waals surface area contributed by atoms with Crippen molar-refractivity contribution in [3.05, 3.63) is 132 Å². The monoisotopic (exact) mass is 492 g/mol. The maximum atomic E-state index is 13.9. The number of thiophene rings is 1. The Bertz CT molecular complexity index is 1370. The molecule has 0 aliphatic rings. The summed E-state index contributed by atoms with van der Waals surface area (Å²) >= 11 is 1.53. The highest BCUT2D eigenvalue weighted by Crippen LogP contribution is 2.44. The number of Topliss-reactive ketones (excluding diaryl/α,β-unsaturated/α-hetero) is 1. The van der Waals surface area contributed by atoms with Crippen LogP contribution in [0.25, 0.3) is 10.4 Å². The Kier molecular flexibility index (Phi) is 6.81. The Morgan fingerprint density at radius 1 is 0.657 bits per heavy atom. The molecule has 0 radical (unpaired) electrons. The molecule has 1 aromatic heterocycles. The molecule has 1 heterocycles. The second-order valence-electron chi connectivity index (χ2n) is 8.12. The molecule has 172 valence electrons. The van der Waals surface area contributed by atoms with E-state index >= 15 is 0 Å². The van der Waals surface area contributed by atoms with Crippen LogP contribution in [-0.4, -0.2) is 18.7 Å². The van der Waals surface area contributed by atoms with Crippen molar-refractivity contribution < 1.29 is 9.53 Å². The van der Waals surface area contributed by atoms with Crippen LogP contribution in [-0.2, 0) is 0 Å². The van der Waals surface area contributed by atoms with Gasteiger partial charge in [0.25, 0.3) is 0 Å². The van der Waals surface area contributed by atoms with Crippen molar-refractivity contribution in [1.29, 1.82) is 0 Å². The molecule has 0 saturated carbocycles. The van der Waals surface area contributed by atoms with Gasteiger partial charge in [0.2, 0.25) is 0 Å². The summed E-state index contributed by atoms with van der Waals surface area (Å²) < 4.78 is 5.28. The average Bonchev–Trinajstić information content (AvgIpc) is 3.44. The highest BCUT2D eigenvalue weighted by molar-refractivity contribution is 7.95. The number of carbonyl (C=O) groups is 1. The van der Waals surface area contributed by atoms with Crippen molar-refractivity contribution >= 4 is 45.7 Å². The van der Waals surface area contributed by atoms with Gasteiger partial charge < -0.3 is 4.74 Å². The summed E-state index contributed by atoms with van der Waals surface area (Å²) in [4.78, 5) is 15.7. The Morgan fingerprint density at radius 2 is 1.14 bits per heavy atom. The molecule has 5 aromatic rings. The number of ketones is 1. The molecule has 0 bridgehead atoms. The first-order chi connectivity index (χ1) is 17.2. The summed E-state index contributed by atoms with van der Waals surface area (Å²) in [6.07, 6.45) is 0. The Hall–Kier alpha value is -3.65. The predicted octanol–water partition coefficient (Wildman–Crippen LogP) is 6.40. The molecule has 0 aliphatic heterocycles. The van der Waals surface area contributed by atoms with Crippen LogP contribution in [0.4, 0.5) is 0 Å².